The first-order valence-corrected chi connectivity index (χ1v) is 7.08. The average molecular weight is 266 g/mol. The first kappa shape index (κ1) is 13.7. The van der Waals surface area contributed by atoms with Gasteiger partial charge in [-0.05, 0) is 31.6 Å². The lowest BCUT2D eigenvalue weighted by Gasteiger charge is -2.29. The summed E-state index contributed by atoms with van der Waals surface area (Å²) < 4.78 is 6.62. The van der Waals surface area contributed by atoms with Gasteiger partial charge >= 0.3 is 0 Å². The molecule has 1 N–H and O–H groups in total. The van der Waals surface area contributed by atoms with Crippen LogP contribution in [0.15, 0.2) is 0 Å². The minimum atomic E-state index is -0.0323. The predicted octanol–water partition coefficient (Wildman–Crippen LogP) is 3.75. The Kier molecular flexibility index (Phi) is 3.87. The highest BCUT2D eigenvalue weighted by Gasteiger charge is 2.30. The van der Waals surface area contributed by atoms with Crippen LogP contribution in [0.2, 0.25) is 0 Å². The van der Waals surface area contributed by atoms with E-state index in [0.717, 1.165) is 23.3 Å². The summed E-state index contributed by atoms with van der Waals surface area (Å²) in [5.41, 5.74) is 2.51. The molecule has 100 valence electrons. The zero-order valence-electron chi connectivity index (χ0n) is 11.7. The van der Waals surface area contributed by atoms with Gasteiger partial charge in [-0.3, -0.25) is 0 Å². The van der Waals surface area contributed by atoms with Crippen LogP contribution < -0.4 is 0 Å². The van der Waals surface area contributed by atoms with Crippen molar-refractivity contribution in [1.29, 1.82) is 0 Å². The fourth-order valence-electron chi connectivity index (χ4n) is 2.51. The number of H-pyrrole nitrogens is 1. The molecular weight excluding hydrogens is 244 g/mol. The van der Waals surface area contributed by atoms with Gasteiger partial charge in [0.15, 0.2) is 0 Å². The quantitative estimate of drug-likeness (QED) is 0.847. The number of rotatable bonds is 3. The molecule has 18 heavy (non-hydrogen) atoms. The van der Waals surface area contributed by atoms with E-state index < -0.39 is 0 Å². The number of fused-ring (bicyclic) bond motifs is 1. The first-order chi connectivity index (χ1) is 8.43. The number of hydrogen-bond donors (Lipinski definition) is 1. The van der Waals surface area contributed by atoms with Crippen molar-refractivity contribution in [3.63, 3.8) is 0 Å². The molecule has 1 atom stereocenters. The molecule has 0 spiro atoms. The third-order valence-electron chi connectivity index (χ3n) is 3.35. The fraction of sp³-hybridized carbons (Fsp3) is 0.714. The SMILES string of the molecule is CCOC(c1nc(=S)c2c([nH]1)CCC2)C(C)(C)C. The zero-order chi connectivity index (χ0) is 13.3. The van der Waals surface area contributed by atoms with Crippen LogP contribution in [0.5, 0.6) is 0 Å². The Morgan fingerprint density at radius 3 is 2.72 bits per heavy atom. The molecule has 0 bridgehead atoms. The molecule has 1 heterocycles. The highest BCUT2D eigenvalue weighted by molar-refractivity contribution is 7.71. The number of aryl methyl sites for hydroxylation is 1. The highest BCUT2D eigenvalue weighted by Crippen LogP contribution is 2.35. The second kappa shape index (κ2) is 5.10. The van der Waals surface area contributed by atoms with Gasteiger partial charge < -0.3 is 9.72 Å². The summed E-state index contributed by atoms with van der Waals surface area (Å²) in [7, 11) is 0. The van der Waals surface area contributed by atoms with Gasteiger partial charge in [0.2, 0.25) is 0 Å². The van der Waals surface area contributed by atoms with Gasteiger partial charge in [-0.1, -0.05) is 33.0 Å². The van der Waals surface area contributed by atoms with Gasteiger partial charge in [-0.25, -0.2) is 4.98 Å². The Bertz CT molecular complexity index is 488. The normalized spacial score (nSPS) is 16.7. The second-order valence-electron chi connectivity index (χ2n) is 5.94. The Labute approximate surface area is 114 Å². The minimum absolute atomic E-state index is 0.00806. The second-order valence-corrected chi connectivity index (χ2v) is 6.33. The summed E-state index contributed by atoms with van der Waals surface area (Å²) in [4.78, 5) is 8.02. The molecule has 1 aromatic rings. The standard InChI is InChI=1S/C14H22N2OS/c1-5-17-11(14(2,3)4)12-15-10-8-6-7-9(10)13(18)16-12/h11H,5-8H2,1-4H3,(H,15,16,18). The molecule has 0 saturated carbocycles. The van der Waals surface area contributed by atoms with Gasteiger partial charge in [0.05, 0.1) is 0 Å². The lowest BCUT2D eigenvalue weighted by atomic mass is 9.88. The molecule has 0 saturated heterocycles. The number of aromatic amines is 1. The predicted molar refractivity (Wildman–Crippen MR) is 75.3 cm³/mol. The molecule has 1 aliphatic carbocycles. The van der Waals surface area contributed by atoms with E-state index in [0.29, 0.717) is 6.61 Å². The van der Waals surface area contributed by atoms with E-state index in [2.05, 4.69) is 30.7 Å². The van der Waals surface area contributed by atoms with Crippen molar-refractivity contribution < 1.29 is 4.74 Å². The first-order valence-electron chi connectivity index (χ1n) is 6.67. The molecule has 0 radical (unpaired) electrons. The maximum Gasteiger partial charge on any atom is 0.137 e. The van der Waals surface area contributed by atoms with Gasteiger partial charge in [0, 0.05) is 17.9 Å². The Morgan fingerprint density at radius 1 is 1.39 bits per heavy atom. The molecular formula is C14H22N2OS. The zero-order valence-corrected chi connectivity index (χ0v) is 12.5. The number of nitrogens with one attached hydrogen (secondary N) is 1. The summed E-state index contributed by atoms with van der Waals surface area (Å²) in [6, 6.07) is 0. The Balaban J connectivity index is 2.43. The number of hydrogen-bond acceptors (Lipinski definition) is 3. The van der Waals surface area contributed by atoms with Gasteiger partial charge in [0.25, 0.3) is 0 Å². The summed E-state index contributed by atoms with van der Waals surface area (Å²) >= 11 is 5.41. The highest BCUT2D eigenvalue weighted by atomic mass is 32.1. The van der Waals surface area contributed by atoms with E-state index in [4.69, 9.17) is 17.0 Å². The monoisotopic (exact) mass is 266 g/mol. The van der Waals surface area contributed by atoms with Crippen molar-refractivity contribution in [2.24, 2.45) is 5.41 Å². The largest absolute Gasteiger partial charge is 0.370 e. The van der Waals surface area contributed by atoms with E-state index in [-0.39, 0.29) is 11.5 Å². The average Bonchev–Trinajstić information content (AvgIpc) is 2.72. The molecule has 0 fully saturated rings. The molecule has 0 aliphatic heterocycles. The van der Waals surface area contributed by atoms with Crippen LogP contribution in [-0.4, -0.2) is 16.6 Å². The molecule has 4 heteroatoms. The van der Waals surface area contributed by atoms with Crippen molar-refractivity contribution >= 4 is 12.2 Å². The van der Waals surface area contributed by atoms with Crippen molar-refractivity contribution in [1.82, 2.24) is 9.97 Å². The number of aromatic nitrogens is 2. The molecule has 0 aromatic carbocycles. The van der Waals surface area contributed by atoms with Gasteiger partial charge in [-0.15, -0.1) is 0 Å². The van der Waals surface area contributed by atoms with Crippen LogP contribution in [0.25, 0.3) is 0 Å². The van der Waals surface area contributed by atoms with E-state index in [1.807, 2.05) is 6.92 Å². The lowest BCUT2D eigenvalue weighted by Crippen LogP contribution is -2.24. The summed E-state index contributed by atoms with van der Waals surface area (Å²) in [6.45, 7) is 9.19. The molecule has 0 amide bonds. The van der Waals surface area contributed by atoms with Gasteiger partial charge in [0.1, 0.15) is 16.6 Å². The van der Waals surface area contributed by atoms with Crippen LogP contribution in [0.3, 0.4) is 0 Å². The van der Waals surface area contributed by atoms with Crippen molar-refractivity contribution in [2.75, 3.05) is 6.61 Å². The fourth-order valence-corrected chi connectivity index (χ4v) is 2.83. The summed E-state index contributed by atoms with van der Waals surface area (Å²) in [5.74, 6) is 0.884. The third-order valence-corrected chi connectivity index (χ3v) is 3.68. The van der Waals surface area contributed by atoms with Crippen LogP contribution in [0.1, 0.15) is 57.3 Å². The topological polar surface area (TPSA) is 37.9 Å². The molecule has 3 nitrogen and oxygen atoms in total. The summed E-state index contributed by atoms with van der Waals surface area (Å²) in [6.07, 6.45) is 3.29. The van der Waals surface area contributed by atoms with Crippen molar-refractivity contribution in [2.45, 2.75) is 53.1 Å². The van der Waals surface area contributed by atoms with Crippen LogP contribution >= 0.6 is 12.2 Å². The maximum atomic E-state index is 5.87. The molecule has 1 aliphatic rings. The van der Waals surface area contributed by atoms with Crippen LogP contribution in [-0.2, 0) is 17.6 Å². The Hall–Kier alpha value is -0.740. The number of nitrogens with zero attached hydrogens (tertiary/aromatic N) is 1. The van der Waals surface area contributed by atoms with Crippen LogP contribution in [0.4, 0.5) is 0 Å². The number of ether oxygens (including phenoxy) is 1. The summed E-state index contributed by atoms with van der Waals surface area (Å²) in [5, 5.41) is 0. The molecule has 2 rings (SSSR count). The lowest BCUT2D eigenvalue weighted by molar-refractivity contribution is -0.0193. The molecule has 1 aromatic heterocycles. The maximum absolute atomic E-state index is 5.87. The van der Waals surface area contributed by atoms with Crippen LogP contribution in [0, 0.1) is 10.1 Å². The van der Waals surface area contributed by atoms with Crippen molar-refractivity contribution in [3.8, 4) is 0 Å². The Morgan fingerprint density at radius 2 is 2.11 bits per heavy atom. The van der Waals surface area contributed by atoms with E-state index >= 15 is 0 Å². The van der Waals surface area contributed by atoms with Gasteiger partial charge in [-0.2, -0.15) is 0 Å². The van der Waals surface area contributed by atoms with E-state index in [9.17, 15) is 0 Å². The van der Waals surface area contributed by atoms with E-state index in [1.165, 1.54) is 17.7 Å². The van der Waals surface area contributed by atoms with Crippen molar-refractivity contribution in [3.05, 3.63) is 21.7 Å². The third kappa shape index (κ3) is 2.64. The molecule has 1 unspecified atom stereocenters. The minimum Gasteiger partial charge on any atom is -0.370 e. The van der Waals surface area contributed by atoms with E-state index in [1.54, 1.807) is 0 Å². The smallest absolute Gasteiger partial charge is 0.137 e.